The van der Waals surface area contributed by atoms with Gasteiger partial charge in [0.2, 0.25) is 0 Å². The van der Waals surface area contributed by atoms with Gasteiger partial charge in [-0.2, -0.15) is 0 Å². The van der Waals surface area contributed by atoms with Gasteiger partial charge in [-0.3, -0.25) is 9.59 Å². The van der Waals surface area contributed by atoms with Crippen molar-refractivity contribution in [3.05, 3.63) is 0 Å². The molecule has 1 amide bonds. The number of carboxylic acids is 1. The van der Waals surface area contributed by atoms with E-state index in [0.717, 1.165) is 12.8 Å². The molecule has 1 N–H and O–H groups in total. The molecule has 2 aliphatic rings. The lowest BCUT2D eigenvalue weighted by atomic mass is 10.1. The molecule has 2 unspecified atom stereocenters. The smallest absolute Gasteiger partial charge is 0.308 e. The first kappa shape index (κ1) is 15.3. The number of aliphatic carboxylic acids is 1. The van der Waals surface area contributed by atoms with Crippen LogP contribution in [0.25, 0.3) is 0 Å². The second-order valence-electron chi connectivity index (χ2n) is 6.00. The Kier molecular flexibility index (Phi) is 5.40. The monoisotopic (exact) mass is 283 g/mol. The summed E-state index contributed by atoms with van der Waals surface area (Å²) >= 11 is 0. The van der Waals surface area contributed by atoms with Crippen molar-refractivity contribution < 1.29 is 19.4 Å². The molecule has 1 heterocycles. The van der Waals surface area contributed by atoms with Crippen LogP contribution in [0, 0.1) is 5.92 Å². The minimum atomic E-state index is -0.808. The fourth-order valence-corrected chi connectivity index (χ4v) is 3.14. The van der Waals surface area contributed by atoms with Crippen LogP contribution in [0.5, 0.6) is 0 Å². The van der Waals surface area contributed by atoms with Crippen molar-refractivity contribution >= 4 is 11.9 Å². The number of carbonyl (C=O) groups excluding carboxylic acids is 1. The summed E-state index contributed by atoms with van der Waals surface area (Å²) < 4.78 is 5.90. The van der Waals surface area contributed by atoms with E-state index in [2.05, 4.69) is 0 Å². The largest absolute Gasteiger partial charge is 0.481 e. The fraction of sp³-hybridized carbons (Fsp3) is 0.867. The van der Waals surface area contributed by atoms with Gasteiger partial charge in [0.15, 0.2) is 0 Å². The number of carboxylic acid groups (broad SMARTS) is 1. The van der Waals surface area contributed by atoms with Crippen LogP contribution in [0.2, 0.25) is 0 Å². The number of nitrogens with zero attached hydrogens (tertiary/aromatic N) is 1. The number of hydrogen-bond donors (Lipinski definition) is 1. The van der Waals surface area contributed by atoms with Crippen LogP contribution < -0.4 is 0 Å². The van der Waals surface area contributed by atoms with E-state index in [0.29, 0.717) is 19.5 Å². The third-order valence-corrected chi connectivity index (χ3v) is 4.40. The summed E-state index contributed by atoms with van der Waals surface area (Å²) in [5.41, 5.74) is 0. The lowest BCUT2D eigenvalue weighted by Crippen LogP contribution is -2.39. The molecule has 0 spiro atoms. The SMILES string of the molecule is CC(OC1CCCCCC1)C(=O)N1CCC(C(=O)O)C1. The van der Waals surface area contributed by atoms with Crippen molar-refractivity contribution in [1.29, 1.82) is 0 Å². The molecular formula is C15H25NO4. The molecule has 0 aromatic carbocycles. The zero-order valence-electron chi connectivity index (χ0n) is 12.2. The summed E-state index contributed by atoms with van der Waals surface area (Å²) in [5.74, 6) is -1.28. The molecule has 5 heteroatoms. The van der Waals surface area contributed by atoms with E-state index in [4.69, 9.17) is 9.84 Å². The maximum Gasteiger partial charge on any atom is 0.308 e. The van der Waals surface area contributed by atoms with Crippen molar-refractivity contribution in [2.45, 2.75) is 64.1 Å². The lowest BCUT2D eigenvalue weighted by Gasteiger charge is -2.24. The van der Waals surface area contributed by atoms with Crippen LogP contribution in [-0.4, -0.2) is 47.2 Å². The average Bonchev–Trinajstić information content (AvgIpc) is 2.78. The van der Waals surface area contributed by atoms with Crippen molar-refractivity contribution in [1.82, 2.24) is 4.90 Å². The van der Waals surface area contributed by atoms with Gasteiger partial charge in [0.25, 0.3) is 5.91 Å². The predicted octanol–water partition coefficient (Wildman–Crippen LogP) is 2.05. The second-order valence-corrected chi connectivity index (χ2v) is 6.00. The molecule has 2 rings (SSSR count). The molecule has 1 saturated heterocycles. The maximum atomic E-state index is 12.3. The molecule has 0 aromatic rings. The Labute approximate surface area is 120 Å². The first-order chi connectivity index (χ1) is 9.58. The molecule has 20 heavy (non-hydrogen) atoms. The van der Waals surface area contributed by atoms with E-state index < -0.39 is 18.0 Å². The molecule has 2 atom stereocenters. The number of hydrogen-bond acceptors (Lipinski definition) is 3. The second kappa shape index (κ2) is 7.07. The number of ether oxygens (including phenoxy) is 1. The topological polar surface area (TPSA) is 66.8 Å². The van der Waals surface area contributed by atoms with Crippen molar-refractivity contribution in [3.8, 4) is 0 Å². The molecular weight excluding hydrogens is 258 g/mol. The minimum Gasteiger partial charge on any atom is -0.481 e. The summed E-state index contributed by atoms with van der Waals surface area (Å²) in [4.78, 5) is 24.8. The first-order valence-electron chi connectivity index (χ1n) is 7.75. The van der Waals surface area contributed by atoms with Gasteiger partial charge in [-0.25, -0.2) is 0 Å². The molecule has 1 saturated carbocycles. The predicted molar refractivity (Wildman–Crippen MR) is 74.4 cm³/mol. The number of carbonyl (C=O) groups is 2. The number of amides is 1. The first-order valence-corrected chi connectivity index (χ1v) is 7.75. The quantitative estimate of drug-likeness (QED) is 0.802. The van der Waals surface area contributed by atoms with Gasteiger partial charge in [-0.1, -0.05) is 25.7 Å². The van der Waals surface area contributed by atoms with Gasteiger partial charge in [0, 0.05) is 13.1 Å². The van der Waals surface area contributed by atoms with Crippen LogP contribution in [0.1, 0.15) is 51.9 Å². The highest BCUT2D eigenvalue weighted by atomic mass is 16.5. The van der Waals surface area contributed by atoms with Crippen LogP contribution in [0.4, 0.5) is 0 Å². The molecule has 2 fully saturated rings. The third-order valence-electron chi connectivity index (χ3n) is 4.40. The van der Waals surface area contributed by atoms with E-state index in [1.807, 2.05) is 0 Å². The fourth-order valence-electron chi connectivity index (χ4n) is 3.14. The Morgan fingerprint density at radius 2 is 1.80 bits per heavy atom. The minimum absolute atomic E-state index is 0.0574. The van der Waals surface area contributed by atoms with Crippen LogP contribution >= 0.6 is 0 Å². The number of rotatable bonds is 4. The third kappa shape index (κ3) is 3.95. The van der Waals surface area contributed by atoms with Gasteiger partial charge in [-0.05, 0) is 26.2 Å². The van der Waals surface area contributed by atoms with Crippen molar-refractivity contribution in [2.24, 2.45) is 5.92 Å². The summed E-state index contributed by atoms with van der Waals surface area (Å²) in [6.07, 6.45) is 7.23. The zero-order valence-corrected chi connectivity index (χ0v) is 12.2. The van der Waals surface area contributed by atoms with Crippen molar-refractivity contribution in [2.75, 3.05) is 13.1 Å². The molecule has 0 bridgehead atoms. The summed E-state index contributed by atoms with van der Waals surface area (Å²) in [6, 6.07) is 0. The van der Waals surface area contributed by atoms with E-state index in [9.17, 15) is 9.59 Å². The lowest BCUT2D eigenvalue weighted by molar-refractivity contribution is -0.146. The van der Waals surface area contributed by atoms with Gasteiger partial charge in [0.05, 0.1) is 12.0 Å². The molecule has 5 nitrogen and oxygen atoms in total. The Morgan fingerprint density at radius 3 is 2.35 bits per heavy atom. The van der Waals surface area contributed by atoms with E-state index in [1.165, 1.54) is 25.7 Å². The van der Waals surface area contributed by atoms with E-state index in [-0.39, 0.29) is 12.0 Å². The highest BCUT2D eigenvalue weighted by Crippen LogP contribution is 2.23. The highest BCUT2D eigenvalue weighted by Gasteiger charge is 2.33. The Morgan fingerprint density at radius 1 is 1.15 bits per heavy atom. The van der Waals surface area contributed by atoms with Gasteiger partial charge < -0.3 is 14.7 Å². The Hall–Kier alpha value is -1.10. The van der Waals surface area contributed by atoms with Gasteiger partial charge in [-0.15, -0.1) is 0 Å². The number of likely N-dealkylation sites (tertiary alicyclic amines) is 1. The standard InChI is InChI=1S/C15H25NO4/c1-11(20-13-6-4-2-3-5-7-13)14(17)16-9-8-12(10-16)15(18)19/h11-13H,2-10H2,1H3,(H,18,19). The van der Waals surface area contributed by atoms with Gasteiger partial charge in [0.1, 0.15) is 6.10 Å². The Balaban J connectivity index is 1.81. The summed E-state index contributed by atoms with van der Waals surface area (Å²) in [5, 5.41) is 8.97. The van der Waals surface area contributed by atoms with Gasteiger partial charge >= 0.3 is 5.97 Å². The molecule has 1 aliphatic carbocycles. The maximum absolute atomic E-state index is 12.3. The molecule has 1 aliphatic heterocycles. The molecule has 0 radical (unpaired) electrons. The normalized spacial score (nSPS) is 26.2. The molecule has 114 valence electrons. The highest BCUT2D eigenvalue weighted by molar-refractivity contribution is 5.82. The molecule has 0 aromatic heterocycles. The Bertz CT molecular complexity index is 350. The summed E-state index contributed by atoms with van der Waals surface area (Å²) in [6.45, 7) is 2.65. The van der Waals surface area contributed by atoms with Crippen molar-refractivity contribution in [3.63, 3.8) is 0 Å². The van der Waals surface area contributed by atoms with Crippen LogP contribution in [0.15, 0.2) is 0 Å². The van der Waals surface area contributed by atoms with E-state index >= 15 is 0 Å². The van der Waals surface area contributed by atoms with E-state index in [1.54, 1.807) is 11.8 Å². The average molecular weight is 283 g/mol. The van der Waals surface area contributed by atoms with Crippen LogP contribution in [-0.2, 0) is 14.3 Å². The summed E-state index contributed by atoms with van der Waals surface area (Å²) in [7, 11) is 0. The zero-order chi connectivity index (χ0) is 14.5. The van der Waals surface area contributed by atoms with Crippen LogP contribution in [0.3, 0.4) is 0 Å².